The van der Waals surface area contributed by atoms with Crippen LogP contribution in [0.25, 0.3) is 0 Å². The Hall–Kier alpha value is -1.14. The predicted molar refractivity (Wildman–Crippen MR) is 62.2 cm³/mol. The molecule has 1 saturated heterocycles. The van der Waals surface area contributed by atoms with Gasteiger partial charge in [-0.3, -0.25) is 9.59 Å². The van der Waals surface area contributed by atoms with E-state index < -0.39 is 6.04 Å². The van der Waals surface area contributed by atoms with Crippen molar-refractivity contribution in [3.63, 3.8) is 0 Å². The van der Waals surface area contributed by atoms with Gasteiger partial charge >= 0.3 is 5.97 Å². The molecule has 1 aliphatic rings. The number of carbonyl (C=O) groups excluding carboxylic acids is 2. The number of ether oxygens (including phenoxy) is 1. The molecule has 6 heteroatoms. The van der Waals surface area contributed by atoms with Crippen molar-refractivity contribution in [3.05, 3.63) is 0 Å². The maximum atomic E-state index is 11.9. The lowest BCUT2D eigenvalue weighted by Gasteiger charge is -2.33. The summed E-state index contributed by atoms with van der Waals surface area (Å²) in [6, 6.07) is -0.850. The third-order valence-electron chi connectivity index (χ3n) is 2.98. The minimum absolute atomic E-state index is 0.129. The molecule has 1 heterocycles. The molecule has 0 aromatic heterocycles. The number of esters is 1. The number of nitrogens with one attached hydrogen (secondary N) is 1. The van der Waals surface area contributed by atoms with Crippen LogP contribution in [0.5, 0.6) is 0 Å². The molecule has 0 aromatic rings. The van der Waals surface area contributed by atoms with Crippen LogP contribution in [0, 0.1) is 0 Å². The Morgan fingerprint density at radius 2 is 1.88 bits per heavy atom. The first-order valence-corrected chi connectivity index (χ1v) is 5.80. The summed E-state index contributed by atoms with van der Waals surface area (Å²) in [6.07, 6.45) is 0.363. The Bertz CT molecular complexity index is 275. The topological polar surface area (TPSA) is 73.6 Å². The molecular formula is C11H20N3O3. The van der Waals surface area contributed by atoms with Crippen molar-refractivity contribution in [3.8, 4) is 0 Å². The van der Waals surface area contributed by atoms with Crippen molar-refractivity contribution >= 4 is 11.9 Å². The lowest BCUT2D eigenvalue weighted by molar-refractivity contribution is -0.141. The second kappa shape index (κ2) is 6.56. The smallest absolute Gasteiger partial charge is 0.305 e. The lowest BCUT2D eigenvalue weighted by Crippen LogP contribution is -2.50. The molecule has 1 atom stereocenters. The normalized spacial score (nSPS) is 18.9. The molecule has 1 rings (SSSR count). The van der Waals surface area contributed by atoms with Gasteiger partial charge in [-0.05, 0) is 13.5 Å². The predicted octanol–water partition coefficient (Wildman–Crippen LogP) is -0.635. The zero-order valence-corrected chi connectivity index (χ0v) is 10.4. The molecule has 0 spiro atoms. The Morgan fingerprint density at radius 1 is 1.29 bits per heavy atom. The van der Waals surface area contributed by atoms with Crippen molar-refractivity contribution < 1.29 is 14.3 Å². The minimum Gasteiger partial charge on any atom is -0.469 e. The summed E-state index contributed by atoms with van der Waals surface area (Å²) >= 11 is 0. The van der Waals surface area contributed by atoms with Gasteiger partial charge < -0.3 is 14.5 Å². The highest BCUT2D eigenvalue weighted by atomic mass is 16.5. The Kier molecular flexibility index (Phi) is 5.37. The number of hydrogen-bond acceptors (Lipinski definition) is 4. The number of carbonyl (C=O) groups is 2. The highest BCUT2D eigenvalue weighted by Gasteiger charge is 2.24. The van der Waals surface area contributed by atoms with E-state index in [4.69, 9.17) is 5.73 Å². The number of amides is 1. The Morgan fingerprint density at radius 3 is 2.41 bits per heavy atom. The van der Waals surface area contributed by atoms with Crippen molar-refractivity contribution in [1.82, 2.24) is 15.5 Å². The zero-order valence-electron chi connectivity index (χ0n) is 10.4. The van der Waals surface area contributed by atoms with E-state index >= 15 is 0 Å². The van der Waals surface area contributed by atoms with Crippen LogP contribution in [0.4, 0.5) is 0 Å². The third-order valence-corrected chi connectivity index (χ3v) is 2.98. The van der Waals surface area contributed by atoms with Gasteiger partial charge in [-0.25, -0.2) is 5.73 Å². The second-order valence-corrected chi connectivity index (χ2v) is 4.30. The summed E-state index contributed by atoms with van der Waals surface area (Å²) in [6.45, 7) is 3.02. The number of rotatable bonds is 4. The number of methoxy groups -OCH3 is 1. The van der Waals surface area contributed by atoms with Crippen molar-refractivity contribution in [2.75, 3.05) is 40.3 Å². The van der Waals surface area contributed by atoms with Gasteiger partial charge in [0.1, 0.15) is 6.04 Å². The maximum Gasteiger partial charge on any atom is 0.305 e. The summed E-state index contributed by atoms with van der Waals surface area (Å²) in [5, 5.41) is 0. The quantitative estimate of drug-likeness (QED) is 0.615. The van der Waals surface area contributed by atoms with Gasteiger partial charge in [0.15, 0.2) is 0 Å². The molecule has 0 saturated carbocycles. The second-order valence-electron chi connectivity index (χ2n) is 4.30. The van der Waals surface area contributed by atoms with E-state index in [1.54, 1.807) is 4.90 Å². The first-order valence-electron chi connectivity index (χ1n) is 5.80. The molecule has 1 radical (unpaired) electrons. The van der Waals surface area contributed by atoms with Gasteiger partial charge in [0.25, 0.3) is 0 Å². The molecule has 1 aliphatic heterocycles. The van der Waals surface area contributed by atoms with Crippen LogP contribution in [0.2, 0.25) is 0 Å². The van der Waals surface area contributed by atoms with Gasteiger partial charge in [0.05, 0.1) is 7.11 Å². The molecule has 0 aliphatic carbocycles. The van der Waals surface area contributed by atoms with Crippen molar-refractivity contribution in [2.24, 2.45) is 0 Å². The average Bonchev–Trinajstić information content (AvgIpc) is 2.35. The summed E-state index contributed by atoms with van der Waals surface area (Å²) in [5.74, 6) is -0.546. The molecule has 0 bridgehead atoms. The number of hydrogen-bond donors (Lipinski definition) is 0. The van der Waals surface area contributed by atoms with Crippen LogP contribution >= 0.6 is 0 Å². The van der Waals surface area contributed by atoms with E-state index in [0.29, 0.717) is 13.1 Å². The van der Waals surface area contributed by atoms with Crippen molar-refractivity contribution in [1.29, 1.82) is 0 Å². The number of likely N-dealkylation sites (N-methyl/N-ethyl adjacent to an activating group) is 1. The molecule has 1 fully saturated rings. The fourth-order valence-electron chi connectivity index (χ4n) is 1.73. The first-order chi connectivity index (χ1) is 8.04. The highest BCUT2D eigenvalue weighted by molar-refractivity contribution is 5.82. The van der Waals surface area contributed by atoms with E-state index in [-0.39, 0.29) is 24.7 Å². The van der Waals surface area contributed by atoms with Gasteiger partial charge in [-0.15, -0.1) is 0 Å². The molecular weight excluding hydrogens is 222 g/mol. The van der Waals surface area contributed by atoms with E-state index in [1.807, 2.05) is 7.05 Å². The molecule has 97 valence electrons. The SMILES string of the molecule is COC(=O)CC[C@H]([NH])C(=O)N1CCN(C)CC1. The summed E-state index contributed by atoms with van der Waals surface area (Å²) in [7, 11) is 3.32. The number of nitrogens with zero attached hydrogens (tertiary/aromatic N) is 2. The Labute approximate surface area is 102 Å². The van der Waals surface area contributed by atoms with Crippen LogP contribution in [0.15, 0.2) is 0 Å². The van der Waals surface area contributed by atoms with E-state index in [9.17, 15) is 9.59 Å². The largest absolute Gasteiger partial charge is 0.469 e. The molecule has 6 nitrogen and oxygen atoms in total. The molecule has 1 N–H and O–H groups in total. The standard InChI is InChI=1S/C11H20N3O3/c1-13-5-7-14(8-6-13)11(16)9(12)3-4-10(15)17-2/h9,12H,3-8H2,1-2H3/t9-/m0/s1. The van der Waals surface area contributed by atoms with Crippen LogP contribution in [-0.4, -0.2) is 68.1 Å². The Balaban J connectivity index is 2.33. The van der Waals surface area contributed by atoms with Gasteiger partial charge in [0, 0.05) is 32.6 Å². The van der Waals surface area contributed by atoms with E-state index in [2.05, 4.69) is 9.64 Å². The summed E-state index contributed by atoms with van der Waals surface area (Å²) < 4.78 is 4.49. The van der Waals surface area contributed by atoms with Gasteiger partial charge in [0.2, 0.25) is 5.91 Å². The van der Waals surface area contributed by atoms with Crippen LogP contribution < -0.4 is 5.73 Å². The van der Waals surface area contributed by atoms with Crippen molar-refractivity contribution in [2.45, 2.75) is 18.9 Å². The zero-order chi connectivity index (χ0) is 12.8. The van der Waals surface area contributed by atoms with Crippen LogP contribution in [0.1, 0.15) is 12.8 Å². The highest BCUT2D eigenvalue weighted by Crippen LogP contribution is 2.06. The first kappa shape index (κ1) is 13.9. The van der Waals surface area contributed by atoms with Crippen LogP contribution in [-0.2, 0) is 14.3 Å². The molecule has 1 amide bonds. The third kappa shape index (κ3) is 4.32. The summed E-state index contributed by atoms with van der Waals surface area (Å²) in [4.78, 5) is 26.6. The fraction of sp³-hybridized carbons (Fsp3) is 0.818. The fourth-order valence-corrected chi connectivity index (χ4v) is 1.73. The minimum atomic E-state index is -0.850. The molecule has 0 aromatic carbocycles. The number of piperazine rings is 1. The van der Waals surface area contributed by atoms with E-state index in [0.717, 1.165) is 13.1 Å². The molecule has 0 unspecified atom stereocenters. The van der Waals surface area contributed by atoms with E-state index in [1.165, 1.54) is 7.11 Å². The monoisotopic (exact) mass is 242 g/mol. The summed E-state index contributed by atoms with van der Waals surface area (Å²) in [5.41, 5.74) is 7.72. The average molecular weight is 242 g/mol. The maximum absolute atomic E-state index is 11.9. The van der Waals surface area contributed by atoms with Gasteiger partial charge in [-0.2, -0.15) is 0 Å². The lowest BCUT2D eigenvalue weighted by atomic mass is 10.1. The van der Waals surface area contributed by atoms with Gasteiger partial charge in [-0.1, -0.05) is 0 Å². The molecule has 17 heavy (non-hydrogen) atoms. The van der Waals surface area contributed by atoms with Crippen LogP contribution in [0.3, 0.4) is 0 Å².